The van der Waals surface area contributed by atoms with Gasteiger partial charge in [0.2, 0.25) is 11.8 Å². The number of aromatic nitrogens is 7. The molecule has 3 heterocycles. The van der Waals surface area contributed by atoms with Gasteiger partial charge in [0, 0.05) is 37.5 Å². The molecule has 1 atom stereocenters. The fourth-order valence-corrected chi connectivity index (χ4v) is 4.89. The number of benzene rings is 1. The van der Waals surface area contributed by atoms with E-state index in [0.717, 1.165) is 54.0 Å². The van der Waals surface area contributed by atoms with Gasteiger partial charge in [-0.2, -0.15) is 5.10 Å². The lowest BCUT2D eigenvalue weighted by molar-refractivity contribution is 0.0920. The fraction of sp³-hybridized carbons (Fsp3) is 0.407. The number of nitrogens with zero attached hydrogens (tertiary/aromatic N) is 7. The molecule has 0 saturated carbocycles. The third kappa shape index (κ3) is 5.23. The molecule has 1 amide bonds. The van der Waals surface area contributed by atoms with Crippen LogP contribution >= 0.6 is 0 Å². The van der Waals surface area contributed by atoms with Gasteiger partial charge in [-0.05, 0) is 42.5 Å². The Labute approximate surface area is 216 Å². The molecule has 0 bridgehead atoms. The van der Waals surface area contributed by atoms with Crippen LogP contribution in [0, 0.1) is 0 Å². The van der Waals surface area contributed by atoms with Gasteiger partial charge in [-0.15, -0.1) is 10.2 Å². The Kier molecular flexibility index (Phi) is 6.49. The summed E-state index contributed by atoms with van der Waals surface area (Å²) < 4.78 is 3.52. The summed E-state index contributed by atoms with van der Waals surface area (Å²) >= 11 is 0. The van der Waals surface area contributed by atoms with E-state index < -0.39 is 0 Å². The number of fused-ring (bicyclic) bond motifs is 1. The minimum absolute atomic E-state index is 0.0814. The SMILES string of the molecule is Cn1cc(Nc2nccc(-c3ccc4c(c3)CCCCC4NC(=O)c3nnc(C(C)(C)C)n3C)n2)cn1. The zero-order chi connectivity index (χ0) is 26.2. The molecule has 0 saturated heterocycles. The van der Waals surface area contributed by atoms with E-state index in [1.54, 1.807) is 21.6 Å². The number of hydrogen-bond acceptors (Lipinski definition) is 7. The van der Waals surface area contributed by atoms with Crippen LogP contribution in [0.4, 0.5) is 11.6 Å². The highest BCUT2D eigenvalue weighted by Gasteiger charge is 2.27. The van der Waals surface area contributed by atoms with Crippen molar-refractivity contribution in [3.8, 4) is 11.3 Å². The molecule has 4 aromatic rings. The second kappa shape index (κ2) is 9.76. The van der Waals surface area contributed by atoms with Crippen LogP contribution in [0.5, 0.6) is 0 Å². The van der Waals surface area contributed by atoms with Crippen molar-refractivity contribution in [1.29, 1.82) is 0 Å². The second-order valence-corrected chi connectivity index (χ2v) is 10.6. The zero-order valence-electron chi connectivity index (χ0n) is 22.0. The lowest BCUT2D eigenvalue weighted by atomic mass is 9.95. The van der Waals surface area contributed by atoms with Crippen molar-refractivity contribution < 1.29 is 4.79 Å². The van der Waals surface area contributed by atoms with E-state index in [9.17, 15) is 4.79 Å². The van der Waals surface area contributed by atoms with Crippen molar-refractivity contribution in [1.82, 2.24) is 39.8 Å². The monoisotopic (exact) mass is 499 g/mol. The van der Waals surface area contributed by atoms with Crippen molar-refractivity contribution in [2.24, 2.45) is 14.1 Å². The maximum absolute atomic E-state index is 13.2. The summed E-state index contributed by atoms with van der Waals surface area (Å²) in [7, 11) is 3.71. The smallest absolute Gasteiger partial charge is 0.289 e. The molecule has 10 heteroatoms. The highest BCUT2D eigenvalue weighted by Crippen LogP contribution is 2.32. The van der Waals surface area contributed by atoms with Gasteiger partial charge in [0.1, 0.15) is 5.82 Å². The molecule has 192 valence electrons. The van der Waals surface area contributed by atoms with E-state index in [1.165, 1.54) is 5.56 Å². The van der Waals surface area contributed by atoms with Crippen LogP contribution in [0.25, 0.3) is 11.3 Å². The first kappa shape index (κ1) is 24.6. The molecule has 1 unspecified atom stereocenters. The van der Waals surface area contributed by atoms with E-state index in [2.05, 4.69) is 69.9 Å². The molecule has 0 aliphatic heterocycles. The number of hydrogen-bond donors (Lipinski definition) is 2. The molecular weight excluding hydrogens is 466 g/mol. The largest absolute Gasteiger partial charge is 0.343 e. The van der Waals surface area contributed by atoms with Crippen LogP contribution < -0.4 is 10.6 Å². The van der Waals surface area contributed by atoms with Crippen molar-refractivity contribution in [2.75, 3.05) is 5.32 Å². The molecule has 5 rings (SSSR count). The lowest BCUT2D eigenvalue weighted by Crippen LogP contribution is -2.31. The normalized spacial score (nSPS) is 15.6. The highest BCUT2D eigenvalue weighted by atomic mass is 16.2. The number of aryl methyl sites for hydroxylation is 2. The topological polar surface area (TPSA) is 115 Å². The summed E-state index contributed by atoms with van der Waals surface area (Å²) in [4.78, 5) is 22.3. The van der Waals surface area contributed by atoms with Gasteiger partial charge in [-0.3, -0.25) is 9.48 Å². The van der Waals surface area contributed by atoms with Crippen LogP contribution in [0.2, 0.25) is 0 Å². The Balaban J connectivity index is 1.38. The number of amides is 1. The Morgan fingerprint density at radius 2 is 1.95 bits per heavy atom. The number of carbonyl (C=O) groups is 1. The van der Waals surface area contributed by atoms with E-state index in [4.69, 9.17) is 4.98 Å². The minimum Gasteiger partial charge on any atom is -0.343 e. The average molecular weight is 500 g/mol. The van der Waals surface area contributed by atoms with Gasteiger partial charge in [-0.25, -0.2) is 9.97 Å². The molecule has 1 aromatic carbocycles. The van der Waals surface area contributed by atoms with E-state index >= 15 is 0 Å². The molecule has 0 spiro atoms. The first-order valence-corrected chi connectivity index (χ1v) is 12.6. The number of carbonyl (C=O) groups excluding carboxylic acids is 1. The molecule has 0 fully saturated rings. The third-order valence-corrected chi connectivity index (χ3v) is 6.67. The summed E-state index contributed by atoms with van der Waals surface area (Å²) in [5.74, 6) is 1.44. The van der Waals surface area contributed by atoms with Gasteiger partial charge in [0.25, 0.3) is 5.91 Å². The quantitative estimate of drug-likeness (QED) is 0.395. The van der Waals surface area contributed by atoms with Crippen molar-refractivity contribution in [2.45, 2.75) is 57.9 Å². The van der Waals surface area contributed by atoms with Crippen molar-refractivity contribution in [3.63, 3.8) is 0 Å². The maximum Gasteiger partial charge on any atom is 0.289 e. The van der Waals surface area contributed by atoms with E-state index in [1.807, 2.05) is 26.4 Å². The van der Waals surface area contributed by atoms with E-state index in [0.29, 0.717) is 11.8 Å². The zero-order valence-corrected chi connectivity index (χ0v) is 22.0. The molecule has 1 aliphatic rings. The first-order chi connectivity index (χ1) is 17.7. The lowest BCUT2D eigenvalue weighted by Gasteiger charge is -2.20. The summed E-state index contributed by atoms with van der Waals surface area (Å²) in [5.41, 5.74) is 4.87. The summed E-state index contributed by atoms with van der Waals surface area (Å²) in [6, 6.07) is 8.21. The molecule has 2 N–H and O–H groups in total. The standard InChI is InChI=1S/C27H33N9O/c1-27(2,3)25-34-33-23(36(25)5)24(37)31-22-9-7-6-8-17-14-18(10-11-20(17)22)21-12-13-28-26(32-21)30-19-15-29-35(4)16-19/h10-16,22H,6-9H2,1-5H3,(H,31,37)(H,28,30,32). The van der Waals surface area contributed by atoms with E-state index in [-0.39, 0.29) is 17.4 Å². The maximum atomic E-state index is 13.2. The predicted molar refractivity (Wildman–Crippen MR) is 141 cm³/mol. The van der Waals surface area contributed by atoms with Gasteiger partial charge < -0.3 is 15.2 Å². The molecule has 37 heavy (non-hydrogen) atoms. The van der Waals surface area contributed by atoms with Crippen molar-refractivity contribution >= 4 is 17.5 Å². The second-order valence-electron chi connectivity index (χ2n) is 10.6. The van der Waals surface area contributed by atoms with Crippen LogP contribution in [0.15, 0.2) is 42.9 Å². The number of anilines is 2. The van der Waals surface area contributed by atoms with Crippen LogP contribution in [-0.2, 0) is 25.9 Å². The molecule has 10 nitrogen and oxygen atoms in total. The Bertz CT molecular complexity index is 1430. The predicted octanol–water partition coefficient (Wildman–Crippen LogP) is 4.24. The van der Waals surface area contributed by atoms with Crippen LogP contribution in [0.1, 0.15) is 73.6 Å². The Morgan fingerprint density at radius 1 is 1.11 bits per heavy atom. The third-order valence-electron chi connectivity index (χ3n) is 6.67. The summed E-state index contributed by atoms with van der Waals surface area (Å²) in [6.07, 6.45) is 9.30. The average Bonchev–Trinajstić information content (AvgIpc) is 3.39. The number of rotatable bonds is 5. The minimum atomic E-state index is -0.200. The van der Waals surface area contributed by atoms with Gasteiger partial charge in [0.05, 0.1) is 23.6 Å². The van der Waals surface area contributed by atoms with Crippen LogP contribution in [0.3, 0.4) is 0 Å². The van der Waals surface area contributed by atoms with Gasteiger partial charge >= 0.3 is 0 Å². The van der Waals surface area contributed by atoms with Gasteiger partial charge in [0.15, 0.2) is 0 Å². The number of nitrogens with one attached hydrogen (secondary N) is 2. The first-order valence-electron chi connectivity index (χ1n) is 12.6. The fourth-order valence-electron chi connectivity index (χ4n) is 4.89. The van der Waals surface area contributed by atoms with Crippen LogP contribution in [-0.4, -0.2) is 40.4 Å². The molecular formula is C27H33N9O. The Morgan fingerprint density at radius 3 is 2.68 bits per heavy atom. The van der Waals surface area contributed by atoms with Gasteiger partial charge in [-0.1, -0.05) is 39.3 Å². The molecule has 0 radical (unpaired) electrons. The van der Waals surface area contributed by atoms with Crippen molar-refractivity contribution in [3.05, 3.63) is 65.6 Å². The summed E-state index contributed by atoms with van der Waals surface area (Å²) in [5, 5.41) is 19.1. The Hall–Kier alpha value is -4.08. The molecule has 1 aliphatic carbocycles. The molecule has 3 aromatic heterocycles. The highest BCUT2D eigenvalue weighted by molar-refractivity contribution is 5.91. The summed E-state index contributed by atoms with van der Waals surface area (Å²) in [6.45, 7) is 6.19.